The predicted molar refractivity (Wildman–Crippen MR) is 139 cm³/mol. The lowest BCUT2D eigenvalue weighted by molar-refractivity contribution is -0.138. The van der Waals surface area contributed by atoms with Gasteiger partial charge in [0.1, 0.15) is 0 Å². The highest BCUT2D eigenvalue weighted by Crippen LogP contribution is 2.28. The Labute approximate surface area is 208 Å². The van der Waals surface area contributed by atoms with Crippen molar-refractivity contribution in [1.29, 1.82) is 0 Å². The molecule has 1 unspecified atom stereocenters. The van der Waals surface area contributed by atoms with Crippen LogP contribution in [0.1, 0.15) is 42.5 Å². The third-order valence-corrected chi connectivity index (χ3v) is 7.84. The number of benzene rings is 2. The molecule has 3 heterocycles. The number of aliphatic hydroxyl groups excluding tert-OH is 1. The number of anilines is 1. The molecule has 2 aromatic carbocycles. The Morgan fingerprint density at radius 1 is 0.971 bits per heavy atom. The highest BCUT2D eigenvalue weighted by atomic mass is 16.3. The molecule has 6 heteroatoms. The number of aliphatic hydroxyl groups is 1. The Kier molecular flexibility index (Phi) is 7.00. The number of aryl methyl sites for hydroxylation is 2. The van der Waals surface area contributed by atoms with Crippen LogP contribution in [0.4, 0.5) is 5.95 Å². The van der Waals surface area contributed by atoms with E-state index in [1.165, 1.54) is 11.1 Å². The molecule has 35 heavy (non-hydrogen) atoms. The van der Waals surface area contributed by atoms with Gasteiger partial charge in [-0.1, -0.05) is 42.0 Å². The van der Waals surface area contributed by atoms with Crippen LogP contribution in [0.3, 0.4) is 0 Å². The second kappa shape index (κ2) is 10.3. The van der Waals surface area contributed by atoms with E-state index in [-0.39, 0.29) is 23.8 Å². The second-order valence-corrected chi connectivity index (χ2v) is 10.3. The number of piperidine rings is 2. The quantitative estimate of drug-likeness (QED) is 0.599. The summed E-state index contributed by atoms with van der Waals surface area (Å²) < 4.78 is 0. The van der Waals surface area contributed by atoms with Crippen molar-refractivity contribution in [2.24, 2.45) is 11.8 Å². The second-order valence-electron chi connectivity index (χ2n) is 10.3. The van der Waals surface area contributed by atoms with E-state index >= 15 is 0 Å². The number of hydrogen-bond acceptors (Lipinski definition) is 5. The molecule has 5 rings (SSSR count). The lowest BCUT2D eigenvalue weighted by Gasteiger charge is -2.38. The summed E-state index contributed by atoms with van der Waals surface area (Å²) in [5.41, 5.74) is 4.37. The van der Waals surface area contributed by atoms with Crippen molar-refractivity contribution < 1.29 is 9.90 Å². The first-order chi connectivity index (χ1) is 17.0. The molecule has 1 aromatic heterocycles. The first-order valence-electron chi connectivity index (χ1n) is 13.0. The number of carbonyl (C=O) groups excluding carboxylic acids is 1. The topological polar surface area (TPSA) is 69.6 Å². The lowest BCUT2D eigenvalue weighted by Crippen LogP contribution is -2.47. The zero-order valence-electron chi connectivity index (χ0n) is 20.9. The number of aromatic nitrogens is 2. The lowest BCUT2D eigenvalue weighted by atomic mass is 9.87. The summed E-state index contributed by atoms with van der Waals surface area (Å²) in [5, 5.41) is 11.8. The van der Waals surface area contributed by atoms with Gasteiger partial charge in [0.2, 0.25) is 11.9 Å². The maximum Gasteiger partial charge on any atom is 0.226 e. The van der Waals surface area contributed by atoms with Gasteiger partial charge in [-0.05, 0) is 69.6 Å². The van der Waals surface area contributed by atoms with E-state index < -0.39 is 0 Å². The van der Waals surface area contributed by atoms with Gasteiger partial charge in [0, 0.05) is 37.5 Å². The van der Waals surface area contributed by atoms with Crippen molar-refractivity contribution >= 4 is 22.8 Å². The third kappa shape index (κ3) is 5.32. The Bertz CT molecular complexity index is 1170. The van der Waals surface area contributed by atoms with Crippen LogP contribution < -0.4 is 4.90 Å². The number of carbonyl (C=O) groups is 1. The van der Waals surface area contributed by atoms with Crippen LogP contribution in [0.25, 0.3) is 10.9 Å². The molecule has 3 aromatic rings. The van der Waals surface area contributed by atoms with Gasteiger partial charge in [-0.15, -0.1) is 0 Å². The molecular formula is C29H36N4O2. The summed E-state index contributed by atoms with van der Waals surface area (Å²) in [6, 6.07) is 16.5. The highest BCUT2D eigenvalue weighted by Gasteiger charge is 2.33. The zero-order chi connectivity index (χ0) is 24.4. The Hall–Kier alpha value is -2.99. The number of rotatable bonds is 5. The fourth-order valence-corrected chi connectivity index (χ4v) is 5.63. The minimum absolute atomic E-state index is 0.0706. The average molecular weight is 473 g/mol. The largest absolute Gasteiger partial charge is 0.392 e. The standard InChI is InChI=1S/C29H36N4O2/c1-20-8-9-26-25(18-20)21(2)30-29(31-26)33-16-12-24(13-17-33)28(35)32-14-10-23(11-15-32)27(34)19-22-6-4-3-5-7-22/h3-9,18,23-24,27,34H,10-17,19H2,1-2H3. The number of hydrogen-bond donors (Lipinski definition) is 1. The molecule has 0 spiro atoms. The van der Waals surface area contributed by atoms with Gasteiger partial charge in [-0.2, -0.15) is 0 Å². The summed E-state index contributed by atoms with van der Waals surface area (Å²) in [5.74, 6) is 1.39. The van der Waals surface area contributed by atoms with Crippen LogP contribution in [-0.2, 0) is 11.2 Å². The van der Waals surface area contributed by atoms with Crippen molar-refractivity contribution in [3.05, 3.63) is 65.4 Å². The van der Waals surface area contributed by atoms with Crippen molar-refractivity contribution in [3.8, 4) is 0 Å². The van der Waals surface area contributed by atoms with Crippen LogP contribution >= 0.6 is 0 Å². The van der Waals surface area contributed by atoms with E-state index in [0.29, 0.717) is 6.42 Å². The maximum absolute atomic E-state index is 13.2. The van der Waals surface area contributed by atoms with Gasteiger partial charge in [-0.3, -0.25) is 4.79 Å². The van der Waals surface area contributed by atoms with Gasteiger partial charge in [-0.25, -0.2) is 9.97 Å². The number of fused-ring (bicyclic) bond motifs is 1. The van der Waals surface area contributed by atoms with Crippen LogP contribution in [0.15, 0.2) is 48.5 Å². The summed E-state index contributed by atoms with van der Waals surface area (Å²) in [4.78, 5) is 27.1. The molecule has 2 saturated heterocycles. The fourth-order valence-electron chi connectivity index (χ4n) is 5.63. The molecule has 0 saturated carbocycles. The Balaban J connectivity index is 1.13. The van der Waals surface area contributed by atoms with Crippen molar-refractivity contribution in [2.45, 2.75) is 52.1 Å². The normalized spacial score (nSPS) is 18.7. The monoisotopic (exact) mass is 472 g/mol. The van der Waals surface area contributed by atoms with Crippen LogP contribution in [0, 0.1) is 25.7 Å². The molecule has 0 radical (unpaired) electrons. The number of nitrogens with zero attached hydrogens (tertiary/aromatic N) is 4. The van der Waals surface area contributed by atoms with Crippen LogP contribution in [0.5, 0.6) is 0 Å². The minimum Gasteiger partial charge on any atom is -0.392 e. The minimum atomic E-state index is -0.341. The van der Waals surface area contributed by atoms with Crippen molar-refractivity contribution in [1.82, 2.24) is 14.9 Å². The van der Waals surface area contributed by atoms with Gasteiger partial charge < -0.3 is 14.9 Å². The van der Waals surface area contributed by atoms with E-state index in [1.54, 1.807) is 0 Å². The van der Waals surface area contributed by atoms with Crippen LogP contribution in [0.2, 0.25) is 0 Å². The van der Waals surface area contributed by atoms with E-state index in [9.17, 15) is 9.90 Å². The van der Waals surface area contributed by atoms with Crippen molar-refractivity contribution in [2.75, 3.05) is 31.1 Å². The first kappa shape index (κ1) is 23.7. The van der Waals surface area contributed by atoms with Gasteiger partial charge in [0.15, 0.2) is 0 Å². The molecular weight excluding hydrogens is 436 g/mol. The SMILES string of the molecule is Cc1ccc2nc(N3CCC(C(=O)N4CCC(C(O)Cc5ccccc5)CC4)CC3)nc(C)c2c1. The maximum atomic E-state index is 13.2. The molecule has 2 aliphatic heterocycles. The summed E-state index contributed by atoms with van der Waals surface area (Å²) in [6.07, 6.45) is 3.78. The molecule has 0 aliphatic carbocycles. The molecule has 184 valence electrons. The van der Waals surface area contributed by atoms with E-state index in [1.807, 2.05) is 30.0 Å². The average Bonchev–Trinajstić information content (AvgIpc) is 2.89. The number of amides is 1. The smallest absolute Gasteiger partial charge is 0.226 e. The highest BCUT2D eigenvalue weighted by molar-refractivity contribution is 5.82. The predicted octanol–water partition coefficient (Wildman–Crippen LogP) is 4.31. The summed E-state index contributed by atoms with van der Waals surface area (Å²) >= 11 is 0. The number of likely N-dealkylation sites (tertiary alicyclic amines) is 1. The molecule has 0 bridgehead atoms. The van der Waals surface area contributed by atoms with Crippen molar-refractivity contribution in [3.63, 3.8) is 0 Å². The summed E-state index contributed by atoms with van der Waals surface area (Å²) in [6.45, 7) is 7.25. The third-order valence-electron chi connectivity index (χ3n) is 7.84. The van der Waals surface area contributed by atoms with Gasteiger partial charge in [0.25, 0.3) is 0 Å². The van der Waals surface area contributed by atoms with Gasteiger partial charge >= 0.3 is 0 Å². The molecule has 2 fully saturated rings. The van der Waals surface area contributed by atoms with E-state index in [2.05, 4.69) is 42.2 Å². The molecule has 1 N–H and O–H groups in total. The molecule has 1 atom stereocenters. The fraction of sp³-hybridized carbons (Fsp3) is 0.483. The van der Waals surface area contributed by atoms with E-state index in [4.69, 9.17) is 9.97 Å². The first-order valence-corrected chi connectivity index (χ1v) is 13.0. The van der Waals surface area contributed by atoms with E-state index in [0.717, 1.165) is 74.4 Å². The van der Waals surface area contributed by atoms with Gasteiger partial charge in [0.05, 0.1) is 17.3 Å². The Morgan fingerprint density at radius 2 is 1.69 bits per heavy atom. The molecule has 6 nitrogen and oxygen atoms in total. The zero-order valence-corrected chi connectivity index (χ0v) is 20.9. The Morgan fingerprint density at radius 3 is 2.40 bits per heavy atom. The molecule has 2 aliphatic rings. The molecule has 1 amide bonds. The summed E-state index contributed by atoms with van der Waals surface area (Å²) in [7, 11) is 0. The van der Waals surface area contributed by atoms with Crippen LogP contribution in [-0.4, -0.2) is 58.2 Å².